The van der Waals surface area contributed by atoms with E-state index in [4.69, 9.17) is 4.74 Å². The first-order valence-electron chi connectivity index (χ1n) is 7.87. The van der Waals surface area contributed by atoms with Gasteiger partial charge in [-0.05, 0) is 40.6 Å². The molecular formula is C20H12N2O4. The van der Waals surface area contributed by atoms with E-state index in [1.807, 2.05) is 42.5 Å². The molecule has 3 aromatic rings. The van der Waals surface area contributed by atoms with E-state index in [-0.39, 0.29) is 17.3 Å². The van der Waals surface area contributed by atoms with Gasteiger partial charge in [-0.2, -0.15) is 0 Å². The minimum Gasteiger partial charge on any atom is -0.402 e. The number of non-ortho nitro benzene ring substituents is 1. The zero-order chi connectivity index (χ0) is 18.1. The summed E-state index contributed by atoms with van der Waals surface area (Å²) in [5, 5.41) is 12.7. The summed E-state index contributed by atoms with van der Waals surface area (Å²) in [4.78, 5) is 26.7. The molecule has 4 rings (SSSR count). The van der Waals surface area contributed by atoms with Crippen molar-refractivity contribution in [1.29, 1.82) is 0 Å². The fourth-order valence-electron chi connectivity index (χ4n) is 2.79. The van der Waals surface area contributed by atoms with E-state index in [0.717, 1.165) is 16.3 Å². The molecule has 1 heterocycles. The fourth-order valence-corrected chi connectivity index (χ4v) is 2.79. The highest BCUT2D eigenvalue weighted by atomic mass is 16.6. The molecule has 1 aliphatic rings. The number of carbonyl (C=O) groups is 1. The number of aliphatic imine (C=N–C) groups is 1. The van der Waals surface area contributed by atoms with Gasteiger partial charge in [0.1, 0.15) is 0 Å². The summed E-state index contributed by atoms with van der Waals surface area (Å²) in [7, 11) is 0. The standard InChI is InChI=1S/C20H12N2O4/c23-20-18(12-13-8-10-15(11-9-13)22(24)25)21-19(26-20)17-7-3-5-14-4-1-2-6-16(14)17/h1-12H/b18-12-. The van der Waals surface area contributed by atoms with Gasteiger partial charge in [-0.15, -0.1) is 0 Å². The van der Waals surface area contributed by atoms with E-state index in [9.17, 15) is 14.9 Å². The molecule has 126 valence electrons. The van der Waals surface area contributed by atoms with Crippen LogP contribution in [0.25, 0.3) is 16.8 Å². The lowest BCUT2D eigenvalue weighted by Crippen LogP contribution is -2.05. The molecule has 0 atom stereocenters. The highest BCUT2D eigenvalue weighted by Crippen LogP contribution is 2.25. The fraction of sp³-hybridized carbons (Fsp3) is 0. The Morgan fingerprint density at radius 2 is 1.69 bits per heavy atom. The normalized spacial score (nSPS) is 15.2. The number of hydrogen-bond acceptors (Lipinski definition) is 5. The molecule has 0 aromatic heterocycles. The van der Waals surface area contributed by atoms with Gasteiger partial charge in [0, 0.05) is 17.7 Å². The molecule has 3 aromatic carbocycles. The third kappa shape index (κ3) is 2.84. The summed E-state index contributed by atoms with van der Waals surface area (Å²) in [6.45, 7) is 0. The molecule has 0 bridgehead atoms. The number of nitro groups is 1. The number of cyclic esters (lactones) is 1. The molecule has 1 aliphatic heterocycles. The monoisotopic (exact) mass is 344 g/mol. The molecule has 0 amide bonds. The molecule has 0 spiro atoms. The number of fused-ring (bicyclic) bond motifs is 1. The molecule has 0 saturated carbocycles. The summed E-state index contributed by atoms with van der Waals surface area (Å²) in [5.74, 6) is -0.300. The van der Waals surface area contributed by atoms with Gasteiger partial charge in [-0.3, -0.25) is 10.1 Å². The van der Waals surface area contributed by atoms with E-state index in [1.165, 1.54) is 12.1 Å². The topological polar surface area (TPSA) is 81.8 Å². The molecule has 6 nitrogen and oxygen atoms in total. The van der Waals surface area contributed by atoms with Crippen LogP contribution in [0.2, 0.25) is 0 Å². The lowest BCUT2D eigenvalue weighted by molar-refractivity contribution is -0.384. The Hall–Kier alpha value is -3.80. The Balaban J connectivity index is 1.72. The van der Waals surface area contributed by atoms with Gasteiger partial charge in [-0.25, -0.2) is 9.79 Å². The maximum atomic E-state index is 12.2. The van der Waals surface area contributed by atoms with Crippen molar-refractivity contribution in [2.75, 3.05) is 0 Å². The molecule has 0 N–H and O–H groups in total. The van der Waals surface area contributed by atoms with Crippen LogP contribution in [-0.2, 0) is 9.53 Å². The smallest absolute Gasteiger partial charge is 0.363 e. The first kappa shape index (κ1) is 15.7. The second kappa shape index (κ2) is 6.25. The van der Waals surface area contributed by atoms with Crippen LogP contribution in [0.1, 0.15) is 11.1 Å². The number of hydrogen-bond donors (Lipinski definition) is 0. The SMILES string of the molecule is O=C1OC(c2cccc3ccccc23)=N/C1=C\c1ccc([N+](=O)[O-])cc1. The minimum absolute atomic E-state index is 0.0129. The Morgan fingerprint density at radius 1 is 0.962 bits per heavy atom. The van der Waals surface area contributed by atoms with Gasteiger partial charge in [0.05, 0.1) is 4.92 Å². The molecule has 0 fully saturated rings. The molecule has 26 heavy (non-hydrogen) atoms. The molecule has 6 heteroatoms. The average Bonchev–Trinajstić information content (AvgIpc) is 3.02. The van der Waals surface area contributed by atoms with Crippen LogP contribution >= 0.6 is 0 Å². The van der Waals surface area contributed by atoms with Gasteiger partial charge >= 0.3 is 5.97 Å². The number of nitro benzene ring substituents is 1. The molecule has 0 aliphatic carbocycles. The maximum absolute atomic E-state index is 12.2. The van der Waals surface area contributed by atoms with E-state index < -0.39 is 10.9 Å². The van der Waals surface area contributed by atoms with E-state index in [2.05, 4.69) is 4.99 Å². The number of nitrogens with zero attached hydrogens (tertiary/aromatic N) is 2. The van der Waals surface area contributed by atoms with Gasteiger partial charge < -0.3 is 4.74 Å². The zero-order valence-corrected chi connectivity index (χ0v) is 13.5. The van der Waals surface area contributed by atoms with Gasteiger partial charge in [0.25, 0.3) is 5.69 Å². The lowest BCUT2D eigenvalue weighted by Gasteiger charge is -2.04. The predicted octanol–water partition coefficient (Wildman–Crippen LogP) is 4.09. The minimum atomic E-state index is -0.550. The molecule has 0 saturated heterocycles. The Labute approximate surface area is 148 Å². The first-order chi connectivity index (χ1) is 12.6. The Morgan fingerprint density at radius 3 is 2.46 bits per heavy atom. The highest BCUT2D eigenvalue weighted by molar-refractivity contribution is 6.17. The van der Waals surface area contributed by atoms with Gasteiger partial charge in [0.2, 0.25) is 5.90 Å². The quantitative estimate of drug-likeness (QED) is 0.310. The van der Waals surface area contributed by atoms with Gasteiger partial charge in [0.15, 0.2) is 5.70 Å². The van der Waals surface area contributed by atoms with Crippen LogP contribution < -0.4 is 0 Å². The molecule has 0 radical (unpaired) electrons. The third-order valence-corrected chi connectivity index (χ3v) is 4.05. The Kier molecular flexibility index (Phi) is 3.78. The summed E-state index contributed by atoms with van der Waals surface area (Å²) in [6, 6.07) is 19.4. The van der Waals surface area contributed by atoms with Crippen molar-refractivity contribution in [1.82, 2.24) is 0 Å². The van der Waals surface area contributed by atoms with Crippen LogP contribution in [0.3, 0.4) is 0 Å². The van der Waals surface area contributed by atoms with Crippen LogP contribution in [-0.4, -0.2) is 16.8 Å². The van der Waals surface area contributed by atoms with Crippen molar-refractivity contribution in [3.05, 3.63) is 93.7 Å². The zero-order valence-electron chi connectivity index (χ0n) is 13.5. The third-order valence-electron chi connectivity index (χ3n) is 4.05. The second-order valence-corrected chi connectivity index (χ2v) is 5.71. The number of benzene rings is 3. The van der Waals surface area contributed by atoms with Crippen molar-refractivity contribution in [2.24, 2.45) is 4.99 Å². The van der Waals surface area contributed by atoms with Crippen molar-refractivity contribution < 1.29 is 14.5 Å². The summed E-state index contributed by atoms with van der Waals surface area (Å²) >= 11 is 0. The molecule has 0 unspecified atom stereocenters. The number of esters is 1. The van der Waals surface area contributed by atoms with Crippen LogP contribution in [0.15, 0.2) is 77.4 Å². The van der Waals surface area contributed by atoms with E-state index in [1.54, 1.807) is 18.2 Å². The summed E-state index contributed by atoms with van der Waals surface area (Å²) < 4.78 is 5.34. The van der Waals surface area contributed by atoms with Crippen LogP contribution in [0, 0.1) is 10.1 Å². The number of rotatable bonds is 3. The lowest BCUT2D eigenvalue weighted by atomic mass is 10.0. The maximum Gasteiger partial charge on any atom is 0.363 e. The van der Waals surface area contributed by atoms with Crippen LogP contribution in [0.4, 0.5) is 5.69 Å². The van der Waals surface area contributed by atoms with Crippen LogP contribution in [0.5, 0.6) is 0 Å². The number of carbonyl (C=O) groups excluding carboxylic acids is 1. The first-order valence-corrected chi connectivity index (χ1v) is 7.87. The van der Waals surface area contributed by atoms with Gasteiger partial charge in [-0.1, -0.05) is 36.4 Å². The van der Waals surface area contributed by atoms with E-state index in [0.29, 0.717) is 5.56 Å². The molecular weight excluding hydrogens is 332 g/mol. The Bertz CT molecular complexity index is 1090. The second-order valence-electron chi connectivity index (χ2n) is 5.71. The number of ether oxygens (including phenoxy) is 1. The van der Waals surface area contributed by atoms with Crippen molar-refractivity contribution >= 4 is 34.4 Å². The van der Waals surface area contributed by atoms with Crippen molar-refractivity contribution in [3.8, 4) is 0 Å². The van der Waals surface area contributed by atoms with E-state index >= 15 is 0 Å². The average molecular weight is 344 g/mol. The largest absolute Gasteiger partial charge is 0.402 e. The summed E-state index contributed by atoms with van der Waals surface area (Å²) in [5.41, 5.74) is 1.51. The predicted molar refractivity (Wildman–Crippen MR) is 97.7 cm³/mol. The van der Waals surface area contributed by atoms with Crippen molar-refractivity contribution in [2.45, 2.75) is 0 Å². The summed E-state index contributed by atoms with van der Waals surface area (Å²) in [6.07, 6.45) is 1.55. The highest BCUT2D eigenvalue weighted by Gasteiger charge is 2.25. The van der Waals surface area contributed by atoms with Crippen molar-refractivity contribution in [3.63, 3.8) is 0 Å².